The fourth-order valence-corrected chi connectivity index (χ4v) is 1.16. The van der Waals surface area contributed by atoms with Crippen LogP contribution >= 0.6 is 11.6 Å². The second-order valence-electron chi connectivity index (χ2n) is 3.06. The van der Waals surface area contributed by atoms with E-state index in [1.165, 1.54) is 0 Å². The van der Waals surface area contributed by atoms with Crippen molar-refractivity contribution in [2.45, 2.75) is 20.3 Å². The molecule has 2 heteroatoms. The van der Waals surface area contributed by atoms with Crippen molar-refractivity contribution in [3.8, 4) is 0 Å². The third-order valence-corrected chi connectivity index (χ3v) is 1.63. The highest BCUT2D eigenvalue weighted by Gasteiger charge is 1.98. The van der Waals surface area contributed by atoms with E-state index >= 15 is 0 Å². The number of hydrogen-bond acceptors (Lipinski definition) is 1. The van der Waals surface area contributed by atoms with Gasteiger partial charge in [-0.25, -0.2) is 0 Å². The normalized spacial score (nSPS) is 10.5. The summed E-state index contributed by atoms with van der Waals surface area (Å²) in [6.45, 7) is 4.34. The zero-order valence-corrected chi connectivity index (χ0v) is 7.60. The Morgan fingerprint density at radius 2 is 2.27 bits per heavy atom. The van der Waals surface area contributed by atoms with E-state index in [1.54, 1.807) is 12.3 Å². The Hall–Kier alpha value is -0.560. The van der Waals surface area contributed by atoms with Crippen LogP contribution in [-0.4, -0.2) is 4.98 Å². The Kier molecular flexibility index (Phi) is 2.89. The highest BCUT2D eigenvalue weighted by atomic mass is 35.5. The standard InChI is InChI=1S/C9H12ClN/c1-7(2)5-9-6-8(10)3-4-11-9/h3-4,6-7H,5H2,1-2H3. The number of rotatable bonds is 2. The molecule has 1 heterocycles. The van der Waals surface area contributed by atoms with E-state index in [-0.39, 0.29) is 0 Å². The number of halogens is 1. The molecule has 1 rings (SSSR count). The van der Waals surface area contributed by atoms with Crippen molar-refractivity contribution in [1.29, 1.82) is 0 Å². The van der Waals surface area contributed by atoms with E-state index in [1.807, 2.05) is 6.07 Å². The van der Waals surface area contributed by atoms with Gasteiger partial charge in [0.2, 0.25) is 0 Å². The van der Waals surface area contributed by atoms with E-state index in [0.29, 0.717) is 5.92 Å². The van der Waals surface area contributed by atoms with E-state index < -0.39 is 0 Å². The minimum atomic E-state index is 0.640. The molecular formula is C9H12ClN. The van der Waals surface area contributed by atoms with Gasteiger partial charge in [-0.1, -0.05) is 25.4 Å². The van der Waals surface area contributed by atoms with Crippen molar-refractivity contribution in [1.82, 2.24) is 4.98 Å². The quantitative estimate of drug-likeness (QED) is 0.664. The second kappa shape index (κ2) is 3.72. The number of nitrogens with zero attached hydrogens (tertiary/aromatic N) is 1. The van der Waals surface area contributed by atoms with Crippen molar-refractivity contribution in [2.75, 3.05) is 0 Å². The topological polar surface area (TPSA) is 12.9 Å². The van der Waals surface area contributed by atoms with E-state index in [4.69, 9.17) is 11.6 Å². The van der Waals surface area contributed by atoms with Gasteiger partial charge in [0.15, 0.2) is 0 Å². The van der Waals surface area contributed by atoms with Gasteiger partial charge < -0.3 is 0 Å². The largest absolute Gasteiger partial charge is 0.261 e. The van der Waals surface area contributed by atoms with E-state index in [2.05, 4.69) is 18.8 Å². The lowest BCUT2D eigenvalue weighted by atomic mass is 10.1. The van der Waals surface area contributed by atoms with Crippen LogP contribution in [0, 0.1) is 5.92 Å². The summed E-state index contributed by atoms with van der Waals surface area (Å²) in [6, 6.07) is 3.72. The molecule has 0 amide bonds. The molecule has 0 unspecified atom stereocenters. The summed E-state index contributed by atoms with van der Waals surface area (Å²) in [5.41, 5.74) is 1.08. The molecule has 0 bridgehead atoms. The lowest BCUT2D eigenvalue weighted by Crippen LogP contribution is -1.96. The molecule has 11 heavy (non-hydrogen) atoms. The molecule has 0 aliphatic rings. The maximum Gasteiger partial charge on any atom is 0.0439 e. The molecule has 0 atom stereocenters. The molecule has 0 saturated carbocycles. The predicted octanol–water partition coefficient (Wildman–Crippen LogP) is 2.93. The molecular weight excluding hydrogens is 158 g/mol. The SMILES string of the molecule is CC(C)Cc1cc(Cl)ccn1. The maximum absolute atomic E-state index is 5.79. The molecule has 0 saturated heterocycles. The molecule has 60 valence electrons. The molecule has 1 nitrogen and oxygen atoms in total. The highest BCUT2D eigenvalue weighted by molar-refractivity contribution is 6.30. The van der Waals surface area contributed by atoms with Gasteiger partial charge in [-0.2, -0.15) is 0 Å². The van der Waals surface area contributed by atoms with Crippen LogP contribution in [0.5, 0.6) is 0 Å². The summed E-state index contributed by atoms with van der Waals surface area (Å²) >= 11 is 5.79. The highest BCUT2D eigenvalue weighted by Crippen LogP contribution is 2.11. The molecule has 0 radical (unpaired) electrons. The molecule has 0 aromatic carbocycles. The van der Waals surface area contributed by atoms with Crippen molar-refractivity contribution >= 4 is 11.6 Å². The Morgan fingerprint density at radius 3 is 2.82 bits per heavy atom. The Bertz CT molecular complexity index is 233. The fourth-order valence-electron chi connectivity index (χ4n) is 0.979. The van der Waals surface area contributed by atoms with Gasteiger partial charge >= 0.3 is 0 Å². The molecule has 0 aliphatic carbocycles. The summed E-state index contributed by atoms with van der Waals surface area (Å²) in [6.07, 6.45) is 2.75. The molecule has 0 fully saturated rings. The van der Waals surface area contributed by atoms with E-state index in [0.717, 1.165) is 17.1 Å². The zero-order valence-electron chi connectivity index (χ0n) is 6.84. The first-order chi connectivity index (χ1) is 5.18. The number of aromatic nitrogens is 1. The summed E-state index contributed by atoms with van der Waals surface area (Å²) in [5, 5.41) is 0.774. The van der Waals surface area contributed by atoms with Crippen molar-refractivity contribution in [2.24, 2.45) is 5.92 Å². The molecule has 1 aromatic heterocycles. The molecule has 1 aromatic rings. The van der Waals surface area contributed by atoms with Gasteiger partial charge in [0.25, 0.3) is 0 Å². The Labute approximate surface area is 72.4 Å². The average Bonchev–Trinajstić information content (AvgIpc) is 1.85. The van der Waals surface area contributed by atoms with Crippen LogP contribution in [0.1, 0.15) is 19.5 Å². The summed E-state index contributed by atoms with van der Waals surface area (Å²) in [7, 11) is 0. The maximum atomic E-state index is 5.79. The van der Waals surface area contributed by atoms with Crippen LogP contribution in [0.4, 0.5) is 0 Å². The Morgan fingerprint density at radius 1 is 1.55 bits per heavy atom. The minimum absolute atomic E-state index is 0.640. The monoisotopic (exact) mass is 169 g/mol. The van der Waals surface area contributed by atoms with Crippen LogP contribution in [0.2, 0.25) is 5.02 Å². The zero-order chi connectivity index (χ0) is 8.27. The van der Waals surface area contributed by atoms with Crippen LogP contribution in [0.3, 0.4) is 0 Å². The summed E-state index contributed by atoms with van der Waals surface area (Å²) in [5.74, 6) is 0.640. The first kappa shape index (κ1) is 8.54. The van der Waals surface area contributed by atoms with Gasteiger partial charge in [-0.15, -0.1) is 0 Å². The Balaban J connectivity index is 2.71. The first-order valence-electron chi connectivity index (χ1n) is 3.79. The van der Waals surface area contributed by atoms with Gasteiger partial charge in [0, 0.05) is 16.9 Å². The average molecular weight is 170 g/mol. The van der Waals surface area contributed by atoms with Crippen molar-refractivity contribution in [3.63, 3.8) is 0 Å². The number of pyridine rings is 1. The fraction of sp³-hybridized carbons (Fsp3) is 0.444. The van der Waals surface area contributed by atoms with Crippen LogP contribution < -0.4 is 0 Å². The predicted molar refractivity (Wildman–Crippen MR) is 47.8 cm³/mol. The van der Waals surface area contributed by atoms with Crippen LogP contribution in [0.15, 0.2) is 18.3 Å². The molecule has 0 spiro atoms. The van der Waals surface area contributed by atoms with Gasteiger partial charge in [0.05, 0.1) is 0 Å². The number of hydrogen-bond donors (Lipinski definition) is 0. The third kappa shape index (κ3) is 2.89. The summed E-state index contributed by atoms with van der Waals surface area (Å²) in [4.78, 5) is 4.20. The molecule has 0 aliphatic heterocycles. The van der Waals surface area contributed by atoms with Crippen LogP contribution in [0.25, 0.3) is 0 Å². The summed E-state index contributed by atoms with van der Waals surface area (Å²) < 4.78 is 0. The van der Waals surface area contributed by atoms with Gasteiger partial charge in [0.1, 0.15) is 0 Å². The lowest BCUT2D eigenvalue weighted by Gasteiger charge is -2.02. The van der Waals surface area contributed by atoms with Gasteiger partial charge in [-0.3, -0.25) is 4.98 Å². The van der Waals surface area contributed by atoms with Crippen LogP contribution in [-0.2, 0) is 6.42 Å². The smallest absolute Gasteiger partial charge is 0.0439 e. The second-order valence-corrected chi connectivity index (χ2v) is 3.50. The van der Waals surface area contributed by atoms with Crippen molar-refractivity contribution < 1.29 is 0 Å². The lowest BCUT2D eigenvalue weighted by molar-refractivity contribution is 0.635. The third-order valence-electron chi connectivity index (χ3n) is 1.40. The first-order valence-corrected chi connectivity index (χ1v) is 4.16. The van der Waals surface area contributed by atoms with E-state index in [9.17, 15) is 0 Å². The van der Waals surface area contributed by atoms with Crippen molar-refractivity contribution in [3.05, 3.63) is 29.0 Å². The minimum Gasteiger partial charge on any atom is -0.261 e. The molecule has 0 N–H and O–H groups in total. The van der Waals surface area contributed by atoms with Gasteiger partial charge in [-0.05, 0) is 24.5 Å².